The summed E-state index contributed by atoms with van der Waals surface area (Å²) in [5, 5.41) is 4.05. The minimum absolute atomic E-state index is 0.175. The van der Waals surface area contributed by atoms with Crippen LogP contribution in [0.3, 0.4) is 0 Å². The molecule has 4 nitrogen and oxygen atoms in total. The minimum Gasteiger partial charge on any atom is -0.497 e. The fraction of sp³-hybridized carbons (Fsp3) is 0.200. The predicted octanol–water partition coefficient (Wildman–Crippen LogP) is 3.65. The van der Waals surface area contributed by atoms with Crippen LogP contribution in [0, 0.1) is 6.92 Å². The summed E-state index contributed by atoms with van der Waals surface area (Å²) in [6.07, 6.45) is -2.63. The van der Waals surface area contributed by atoms with Crippen molar-refractivity contribution in [3.8, 4) is 17.0 Å². The molecule has 0 aliphatic rings. The summed E-state index contributed by atoms with van der Waals surface area (Å²) in [5.74, 6) is 0.650. The van der Waals surface area contributed by atoms with Crippen LogP contribution in [-0.4, -0.2) is 21.7 Å². The van der Waals surface area contributed by atoms with E-state index in [9.17, 15) is 8.78 Å². The summed E-state index contributed by atoms with van der Waals surface area (Å²) in [5.41, 5.74) is 2.07. The highest BCUT2D eigenvalue weighted by atomic mass is 19.3. The van der Waals surface area contributed by atoms with E-state index in [1.54, 1.807) is 44.4 Å². The van der Waals surface area contributed by atoms with Crippen LogP contribution in [0.5, 0.6) is 5.75 Å². The first-order valence-electron chi connectivity index (χ1n) is 6.38. The summed E-state index contributed by atoms with van der Waals surface area (Å²) < 4.78 is 32.8. The maximum Gasteiger partial charge on any atom is 0.280 e. The Kier molecular flexibility index (Phi) is 3.29. The van der Waals surface area contributed by atoms with E-state index in [0.29, 0.717) is 22.8 Å². The summed E-state index contributed by atoms with van der Waals surface area (Å²) in [6.45, 7) is 1.75. The van der Waals surface area contributed by atoms with Gasteiger partial charge in [0.05, 0.1) is 18.5 Å². The van der Waals surface area contributed by atoms with Gasteiger partial charge >= 0.3 is 0 Å². The van der Waals surface area contributed by atoms with Crippen molar-refractivity contribution in [2.75, 3.05) is 7.11 Å². The van der Waals surface area contributed by atoms with E-state index in [2.05, 4.69) is 10.1 Å². The van der Waals surface area contributed by atoms with Gasteiger partial charge in [-0.1, -0.05) is 12.1 Å². The fourth-order valence-corrected chi connectivity index (χ4v) is 2.20. The third-order valence-corrected chi connectivity index (χ3v) is 3.17. The zero-order chi connectivity index (χ0) is 15.0. The monoisotopic (exact) mass is 289 g/mol. The van der Waals surface area contributed by atoms with Crippen molar-refractivity contribution < 1.29 is 13.5 Å². The number of benzene rings is 1. The Bertz CT molecular complexity index is 799. The second-order valence-electron chi connectivity index (χ2n) is 4.65. The Hall–Kier alpha value is -2.50. The SMILES string of the molecule is COc1cccc(-c2cc(C(F)F)n3nc(C)cc3n2)c1. The number of rotatable bonds is 3. The molecule has 0 N–H and O–H groups in total. The van der Waals surface area contributed by atoms with E-state index in [1.807, 2.05) is 0 Å². The second-order valence-corrected chi connectivity index (χ2v) is 4.65. The van der Waals surface area contributed by atoms with Crippen LogP contribution in [0.2, 0.25) is 0 Å². The maximum atomic E-state index is 13.2. The highest BCUT2D eigenvalue weighted by Gasteiger charge is 2.16. The quantitative estimate of drug-likeness (QED) is 0.739. The Morgan fingerprint density at radius 1 is 1.19 bits per heavy atom. The van der Waals surface area contributed by atoms with Gasteiger partial charge in [0.25, 0.3) is 6.43 Å². The summed E-state index contributed by atoms with van der Waals surface area (Å²) in [6, 6.07) is 10.2. The molecule has 6 heteroatoms. The average Bonchev–Trinajstić information content (AvgIpc) is 2.86. The lowest BCUT2D eigenvalue weighted by Crippen LogP contribution is -2.02. The van der Waals surface area contributed by atoms with E-state index < -0.39 is 6.43 Å². The number of methoxy groups -OCH3 is 1. The van der Waals surface area contributed by atoms with E-state index in [-0.39, 0.29) is 5.69 Å². The summed E-state index contributed by atoms with van der Waals surface area (Å²) >= 11 is 0. The van der Waals surface area contributed by atoms with Gasteiger partial charge in [-0.15, -0.1) is 0 Å². The lowest BCUT2D eigenvalue weighted by molar-refractivity contribution is 0.143. The standard InChI is InChI=1S/C15H13F2N3O/c1-9-6-14-18-12(8-13(15(16)17)20(14)19-9)10-4-3-5-11(7-10)21-2/h3-8,15H,1-2H3. The zero-order valence-corrected chi connectivity index (χ0v) is 11.5. The molecule has 1 aromatic carbocycles. The molecule has 0 amide bonds. The van der Waals surface area contributed by atoms with Gasteiger partial charge in [-0.05, 0) is 25.1 Å². The molecule has 21 heavy (non-hydrogen) atoms. The molecule has 2 aromatic heterocycles. The molecule has 3 rings (SSSR count). The zero-order valence-electron chi connectivity index (χ0n) is 11.5. The lowest BCUT2D eigenvalue weighted by Gasteiger charge is -2.08. The number of ether oxygens (including phenoxy) is 1. The van der Waals surface area contributed by atoms with Gasteiger partial charge in [-0.3, -0.25) is 0 Å². The number of hydrogen-bond acceptors (Lipinski definition) is 3. The predicted molar refractivity (Wildman–Crippen MR) is 74.7 cm³/mol. The van der Waals surface area contributed by atoms with E-state index in [4.69, 9.17) is 4.74 Å². The number of alkyl halides is 2. The van der Waals surface area contributed by atoms with Gasteiger partial charge in [-0.25, -0.2) is 18.3 Å². The van der Waals surface area contributed by atoms with Crippen molar-refractivity contribution in [3.05, 3.63) is 47.8 Å². The van der Waals surface area contributed by atoms with Gasteiger partial charge < -0.3 is 4.74 Å². The Morgan fingerprint density at radius 3 is 2.71 bits per heavy atom. The molecule has 0 saturated heterocycles. The van der Waals surface area contributed by atoms with Crippen molar-refractivity contribution in [1.82, 2.24) is 14.6 Å². The lowest BCUT2D eigenvalue weighted by atomic mass is 10.1. The highest BCUT2D eigenvalue weighted by Crippen LogP contribution is 2.27. The molecule has 0 spiro atoms. The Morgan fingerprint density at radius 2 is 2.00 bits per heavy atom. The van der Waals surface area contributed by atoms with Gasteiger partial charge in [0.1, 0.15) is 11.4 Å². The molecule has 2 heterocycles. The highest BCUT2D eigenvalue weighted by molar-refractivity contribution is 5.64. The molecule has 0 unspecified atom stereocenters. The van der Waals surface area contributed by atoms with Crippen LogP contribution in [0.25, 0.3) is 16.9 Å². The Labute approximate surface area is 120 Å². The summed E-state index contributed by atoms with van der Waals surface area (Å²) in [7, 11) is 1.56. The second kappa shape index (κ2) is 5.12. The van der Waals surface area contributed by atoms with Crippen LogP contribution < -0.4 is 4.74 Å². The van der Waals surface area contributed by atoms with Crippen molar-refractivity contribution in [2.24, 2.45) is 0 Å². The molecule has 0 aliphatic heterocycles. The Balaban J connectivity index is 2.22. The normalized spacial score (nSPS) is 11.3. The van der Waals surface area contributed by atoms with Crippen LogP contribution in [0.15, 0.2) is 36.4 Å². The van der Waals surface area contributed by atoms with Crippen molar-refractivity contribution in [3.63, 3.8) is 0 Å². The minimum atomic E-state index is -2.63. The van der Waals surface area contributed by atoms with Gasteiger partial charge in [-0.2, -0.15) is 5.10 Å². The van der Waals surface area contributed by atoms with Crippen LogP contribution in [0.1, 0.15) is 17.8 Å². The number of nitrogens with zero attached hydrogens (tertiary/aromatic N) is 3. The maximum absolute atomic E-state index is 13.2. The van der Waals surface area contributed by atoms with Crippen molar-refractivity contribution in [2.45, 2.75) is 13.3 Å². The van der Waals surface area contributed by atoms with E-state index in [1.165, 1.54) is 10.6 Å². The van der Waals surface area contributed by atoms with Gasteiger partial charge in [0.15, 0.2) is 5.65 Å². The number of hydrogen-bond donors (Lipinski definition) is 0. The summed E-state index contributed by atoms with van der Waals surface area (Å²) in [4.78, 5) is 4.40. The van der Waals surface area contributed by atoms with Gasteiger partial charge in [0, 0.05) is 11.6 Å². The molecule has 108 valence electrons. The number of aromatic nitrogens is 3. The van der Waals surface area contributed by atoms with Crippen LogP contribution in [0.4, 0.5) is 8.78 Å². The van der Waals surface area contributed by atoms with Crippen LogP contribution in [-0.2, 0) is 0 Å². The number of aryl methyl sites for hydroxylation is 1. The third kappa shape index (κ3) is 2.44. The topological polar surface area (TPSA) is 39.4 Å². The van der Waals surface area contributed by atoms with Crippen molar-refractivity contribution >= 4 is 5.65 Å². The number of halogens is 2. The molecule has 0 fully saturated rings. The van der Waals surface area contributed by atoms with Gasteiger partial charge in [0.2, 0.25) is 0 Å². The smallest absolute Gasteiger partial charge is 0.280 e. The molecule has 3 aromatic rings. The molecule has 0 saturated carbocycles. The third-order valence-electron chi connectivity index (χ3n) is 3.17. The largest absolute Gasteiger partial charge is 0.497 e. The first-order chi connectivity index (χ1) is 10.1. The molecular weight excluding hydrogens is 276 g/mol. The van der Waals surface area contributed by atoms with E-state index in [0.717, 1.165) is 5.56 Å². The molecule has 0 aliphatic carbocycles. The van der Waals surface area contributed by atoms with Crippen LogP contribution >= 0.6 is 0 Å². The van der Waals surface area contributed by atoms with E-state index >= 15 is 0 Å². The first kappa shape index (κ1) is 13.5. The molecule has 0 bridgehead atoms. The molecule has 0 radical (unpaired) electrons. The number of fused-ring (bicyclic) bond motifs is 1. The molecule has 0 atom stereocenters. The first-order valence-corrected chi connectivity index (χ1v) is 6.38. The van der Waals surface area contributed by atoms with Crippen molar-refractivity contribution in [1.29, 1.82) is 0 Å². The average molecular weight is 289 g/mol. The molecular formula is C15H13F2N3O. The fourth-order valence-electron chi connectivity index (χ4n) is 2.20.